The summed E-state index contributed by atoms with van der Waals surface area (Å²) in [6.45, 7) is 11.6. The maximum atomic E-state index is 12.2. The molecule has 144 valence electrons. The van der Waals surface area contributed by atoms with Crippen molar-refractivity contribution >= 4 is 6.09 Å². The van der Waals surface area contributed by atoms with Gasteiger partial charge in [0.25, 0.3) is 0 Å². The van der Waals surface area contributed by atoms with Crippen LogP contribution in [0.5, 0.6) is 0 Å². The number of allylic oxidation sites excluding steroid dienone is 1. The van der Waals surface area contributed by atoms with Crippen LogP contribution in [0.4, 0.5) is 4.79 Å². The van der Waals surface area contributed by atoms with Gasteiger partial charge in [0.05, 0.1) is 5.76 Å². The molecular formula is C22H33NO3. The lowest BCUT2D eigenvalue weighted by molar-refractivity contribution is -0.0192. The summed E-state index contributed by atoms with van der Waals surface area (Å²) in [6, 6.07) is 0. The Morgan fingerprint density at radius 3 is 2.19 bits per heavy atom. The number of hydrogen-bond donors (Lipinski definition) is 0. The van der Waals surface area contributed by atoms with Gasteiger partial charge >= 0.3 is 6.09 Å². The lowest BCUT2D eigenvalue weighted by Gasteiger charge is -2.45. The fourth-order valence-corrected chi connectivity index (χ4v) is 7.32. The predicted molar refractivity (Wildman–Crippen MR) is 99.5 cm³/mol. The van der Waals surface area contributed by atoms with Crippen LogP contribution in [0.3, 0.4) is 0 Å². The molecule has 0 N–H and O–H groups in total. The van der Waals surface area contributed by atoms with Gasteiger partial charge in [0, 0.05) is 31.3 Å². The Hall–Kier alpha value is -1.19. The third kappa shape index (κ3) is 2.36. The molecule has 5 saturated carbocycles. The van der Waals surface area contributed by atoms with Crippen molar-refractivity contribution in [2.24, 2.45) is 22.2 Å². The molecule has 0 aromatic carbocycles. The first-order chi connectivity index (χ1) is 12.1. The smallest absolute Gasteiger partial charge is 0.410 e. The van der Waals surface area contributed by atoms with Gasteiger partial charge in [-0.15, -0.1) is 0 Å². The van der Waals surface area contributed by atoms with Gasteiger partial charge in [0.15, 0.2) is 0 Å². The van der Waals surface area contributed by atoms with Crippen molar-refractivity contribution < 1.29 is 14.3 Å². The summed E-state index contributed by atoms with van der Waals surface area (Å²) in [6.07, 6.45) is 10.2. The SMILES string of the molecule is C=C(OC1CCN(C(=O)OC(C)(C)C)CC1)C12CC3CC4(C1)CC4(C3)C2. The minimum Gasteiger partial charge on any atom is -0.495 e. The number of carbonyl (C=O) groups excluding carboxylic acids is 1. The van der Waals surface area contributed by atoms with Crippen LogP contribution in [0, 0.1) is 22.2 Å². The van der Waals surface area contributed by atoms with Crippen molar-refractivity contribution in [3.8, 4) is 0 Å². The molecule has 1 heterocycles. The highest BCUT2D eigenvalue weighted by Crippen LogP contribution is 2.90. The first kappa shape index (κ1) is 16.9. The average Bonchev–Trinajstić information content (AvgIpc) is 2.92. The third-order valence-corrected chi connectivity index (χ3v) is 8.06. The highest BCUT2D eigenvalue weighted by Gasteiger charge is 2.82. The quantitative estimate of drug-likeness (QED) is 0.674. The molecule has 5 aliphatic carbocycles. The van der Waals surface area contributed by atoms with E-state index in [0.717, 1.165) is 37.6 Å². The van der Waals surface area contributed by atoms with E-state index in [1.807, 2.05) is 25.7 Å². The predicted octanol–water partition coefficient (Wildman–Crippen LogP) is 4.89. The maximum Gasteiger partial charge on any atom is 0.410 e. The minimum atomic E-state index is -0.432. The Kier molecular flexibility index (Phi) is 3.25. The second-order valence-electron chi connectivity index (χ2n) is 11.1. The first-order valence-corrected chi connectivity index (χ1v) is 10.5. The fraction of sp³-hybridized carbons (Fsp3) is 0.864. The van der Waals surface area contributed by atoms with E-state index in [1.54, 1.807) is 0 Å². The van der Waals surface area contributed by atoms with E-state index in [1.165, 1.54) is 38.5 Å². The Labute approximate surface area is 157 Å². The molecular weight excluding hydrogens is 326 g/mol. The number of carbonyl (C=O) groups is 1. The average molecular weight is 360 g/mol. The van der Waals surface area contributed by atoms with E-state index in [-0.39, 0.29) is 17.6 Å². The topological polar surface area (TPSA) is 38.8 Å². The van der Waals surface area contributed by atoms with Crippen molar-refractivity contribution in [3.63, 3.8) is 0 Å². The van der Waals surface area contributed by atoms with Crippen molar-refractivity contribution in [1.82, 2.24) is 4.90 Å². The Bertz CT molecular complexity index is 637. The molecule has 2 unspecified atom stereocenters. The summed E-state index contributed by atoms with van der Waals surface area (Å²) in [5, 5.41) is 0. The van der Waals surface area contributed by atoms with E-state index < -0.39 is 5.60 Å². The Morgan fingerprint density at radius 2 is 1.65 bits per heavy atom. The van der Waals surface area contributed by atoms with Gasteiger partial charge in [-0.1, -0.05) is 6.58 Å². The van der Waals surface area contributed by atoms with Crippen LogP contribution in [0.25, 0.3) is 0 Å². The number of piperidine rings is 1. The van der Waals surface area contributed by atoms with E-state index in [4.69, 9.17) is 9.47 Å². The molecule has 0 aromatic heterocycles. The molecule has 2 atom stereocenters. The summed E-state index contributed by atoms with van der Waals surface area (Å²) in [5.41, 5.74) is 1.21. The lowest BCUT2D eigenvalue weighted by atomic mass is 9.63. The summed E-state index contributed by atoms with van der Waals surface area (Å²) >= 11 is 0. The van der Waals surface area contributed by atoms with Gasteiger partial charge in [-0.2, -0.15) is 0 Å². The summed E-state index contributed by atoms with van der Waals surface area (Å²) < 4.78 is 11.9. The Balaban J connectivity index is 1.16. The molecule has 4 bridgehead atoms. The van der Waals surface area contributed by atoms with Gasteiger partial charge in [0.2, 0.25) is 0 Å². The number of nitrogens with zero attached hydrogens (tertiary/aromatic N) is 1. The molecule has 6 aliphatic rings. The fourth-order valence-electron chi connectivity index (χ4n) is 7.32. The van der Waals surface area contributed by atoms with E-state index in [9.17, 15) is 4.79 Å². The van der Waals surface area contributed by atoms with Crippen molar-refractivity contribution in [2.75, 3.05) is 13.1 Å². The molecule has 6 rings (SSSR count). The standard InChI is InChI=1S/C22H33NO3/c1-15(20-9-16-10-21(12-20)14-22(21,11-16)13-20)25-17-5-7-23(8-6-17)18(24)26-19(2,3)4/h16-17H,1,5-14H2,2-4H3. The monoisotopic (exact) mass is 359 g/mol. The zero-order valence-electron chi connectivity index (χ0n) is 16.6. The molecule has 1 aliphatic heterocycles. The van der Waals surface area contributed by atoms with E-state index in [2.05, 4.69) is 6.58 Å². The van der Waals surface area contributed by atoms with Crippen LogP contribution in [0.2, 0.25) is 0 Å². The number of ether oxygens (including phenoxy) is 2. The normalized spacial score (nSPS) is 43.3. The molecule has 6 fully saturated rings. The second-order valence-corrected chi connectivity index (χ2v) is 11.1. The highest BCUT2D eigenvalue weighted by atomic mass is 16.6. The lowest BCUT2D eigenvalue weighted by Crippen LogP contribution is -2.44. The largest absolute Gasteiger partial charge is 0.495 e. The highest BCUT2D eigenvalue weighted by molar-refractivity contribution is 5.68. The first-order valence-electron chi connectivity index (χ1n) is 10.5. The van der Waals surface area contributed by atoms with Crippen LogP contribution < -0.4 is 0 Å². The van der Waals surface area contributed by atoms with E-state index >= 15 is 0 Å². The molecule has 2 spiro atoms. The third-order valence-electron chi connectivity index (χ3n) is 8.06. The summed E-state index contributed by atoms with van der Waals surface area (Å²) in [7, 11) is 0. The Morgan fingerprint density at radius 1 is 1.04 bits per heavy atom. The number of likely N-dealkylation sites (tertiary alicyclic amines) is 1. The van der Waals surface area contributed by atoms with Gasteiger partial charge < -0.3 is 14.4 Å². The van der Waals surface area contributed by atoms with E-state index in [0.29, 0.717) is 10.8 Å². The number of amides is 1. The van der Waals surface area contributed by atoms with Gasteiger partial charge in [-0.3, -0.25) is 0 Å². The van der Waals surface area contributed by atoms with Crippen molar-refractivity contribution in [1.29, 1.82) is 0 Å². The van der Waals surface area contributed by atoms with Gasteiger partial charge in [-0.05, 0) is 76.0 Å². The van der Waals surface area contributed by atoms with Crippen LogP contribution >= 0.6 is 0 Å². The second kappa shape index (κ2) is 4.99. The van der Waals surface area contributed by atoms with Crippen LogP contribution in [0.1, 0.15) is 72.1 Å². The summed E-state index contributed by atoms with van der Waals surface area (Å²) in [5.74, 6) is 2.00. The zero-order chi connectivity index (χ0) is 18.4. The molecule has 1 saturated heterocycles. The molecule has 4 nitrogen and oxygen atoms in total. The van der Waals surface area contributed by atoms with Crippen molar-refractivity contribution in [2.45, 2.75) is 83.8 Å². The molecule has 1 amide bonds. The van der Waals surface area contributed by atoms with Crippen LogP contribution in [-0.2, 0) is 9.47 Å². The number of hydrogen-bond acceptors (Lipinski definition) is 3. The zero-order valence-corrected chi connectivity index (χ0v) is 16.6. The summed E-state index contributed by atoms with van der Waals surface area (Å²) in [4.78, 5) is 14.0. The number of rotatable bonds is 3. The molecule has 26 heavy (non-hydrogen) atoms. The molecule has 0 aromatic rings. The van der Waals surface area contributed by atoms with Crippen LogP contribution in [-0.4, -0.2) is 35.8 Å². The molecule has 0 radical (unpaired) electrons. The minimum absolute atomic E-state index is 0.197. The van der Waals surface area contributed by atoms with Crippen LogP contribution in [0.15, 0.2) is 12.3 Å². The maximum absolute atomic E-state index is 12.2. The van der Waals surface area contributed by atoms with Gasteiger partial charge in [-0.25, -0.2) is 4.79 Å². The van der Waals surface area contributed by atoms with Crippen molar-refractivity contribution in [3.05, 3.63) is 12.3 Å². The molecule has 4 heteroatoms. The van der Waals surface area contributed by atoms with Gasteiger partial charge in [0.1, 0.15) is 11.7 Å².